The molecule has 1 atom stereocenters. The molecule has 2 aromatic rings. The quantitative estimate of drug-likeness (QED) is 0.878. The number of nitrogens with one attached hydrogen (secondary N) is 1. The van der Waals surface area contributed by atoms with Crippen molar-refractivity contribution in [2.24, 2.45) is 5.73 Å². The normalized spacial score (nSPS) is 12.2. The Balaban J connectivity index is 2.20. The fourth-order valence-corrected chi connectivity index (χ4v) is 2.11. The van der Waals surface area contributed by atoms with Crippen molar-refractivity contribution in [2.45, 2.75) is 13.0 Å². The minimum Gasteiger partial charge on any atom is -0.377 e. The first-order valence-electron chi connectivity index (χ1n) is 5.98. The summed E-state index contributed by atoms with van der Waals surface area (Å²) in [6.45, 7) is 2.65. The first kappa shape index (κ1) is 12.9. The van der Waals surface area contributed by atoms with Crippen LogP contribution in [-0.2, 0) is 0 Å². The van der Waals surface area contributed by atoms with Crippen molar-refractivity contribution in [3.8, 4) is 0 Å². The Kier molecular flexibility index (Phi) is 4.24. The van der Waals surface area contributed by atoms with Gasteiger partial charge in [-0.15, -0.1) is 0 Å². The topological polar surface area (TPSA) is 38.0 Å². The Bertz CT molecular complexity index is 508. The molecule has 2 nitrogen and oxygen atoms in total. The van der Waals surface area contributed by atoms with Crippen molar-refractivity contribution in [3.63, 3.8) is 0 Å². The smallest absolute Gasteiger partial charge is 0.0638 e. The van der Waals surface area contributed by atoms with Crippen LogP contribution in [0, 0.1) is 6.92 Å². The van der Waals surface area contributed by atoms with E-state index in [-0.39, 0.29) is 6.04 Å². The fraction of sp³-hybridized carbons (Fsp3) is 0.200. The molecule has 0 spiro atoms. The van der Waals surface area contributed by atoms with Gasteiger partial charge in [-0.3, -0.25) is 0 Å². The van der Waals surface area contributed by atoms with Crippen LogP contribution in [0.4, 0.5) is 5.69 Å². The van der Waals surface area contributed by atoms with Gasteiger partial charge in [0.05, 0.1) is 6.04 Å². The van der Waals surface area contributed by atoms with Crippen molar-refractivity contribution in [1.82, 2.24) is 0 Å². The summed E-state index contributed by atoms with van der Waals surface area (Å²) in [5, 5.41) is 4.17. The van der Waals surface area contributed by atoms with Crippen LogP contribution in [-0.4, -0.2) is 6.54 Å². The molecule has 1 unspecified atom stereocenters. The highest BCUT2D eigenvalue weighted by Crippen LogP contribution is 2.22. The summed E-state index contributed by atoms with van der Waals surface area (Å²) in [5.74, 6) is 0. The third kappa shape index (κ3) is 3.03. The van der Waals surface area contributed by atoms with Crippen LogP contribution in [0.5, 0.6) is 0 Å². The molecule has 0 aromatic heterocycles. The molecule has 0 bridgehead atoms. The van der Waals surface area contributed by atoms with E-state index in [2.05, 4.69) is 24.4 Å². The summed E-state index contributed by atoms with van der Waals surface area (Å²) in [6, 6.07) is 16.1. The molecular weight excluding hydrogens is 244 g/mol. The molecule has 0 saturated carbocycles. The molecule has 0 radical (unpaired) electrons. The van der Waals surface area contributed by atoms with Crippen LogP contribution in [0.25, 0.3) is 0 Å². The number of anilines is 1. The Morgan fingerprint density at radius 2 is 1.78 bits per heavy atom. The Morgan fingerprint density at radius 1 is 1.11 bits per heavy atom. The van der Waals surface area contributed by atoms with Gasteiger partial charge in [0.2, 0.25) is 0 Å². The molecule has 2 aromatic carbocycles. The second-order valence-corrected chi connectivity index (χ2v) is 4.73. The third-order valence-corrected chi connectivity index (χ3v) is 3.24. The van der Waals surface area contributed by atoms with Gasteiger partial charge in [-0.1, -0.05) is 35.9 Å². The van der Waals surface area contributed by atoms with E-state index in [0.29, 0.717) is 6.54 Å². The van der Waals surface area contributed by atoms with Crippen LogP contribution in [0.1, 0.15) is 17.2 Å². The van der Waals surface area contributed by atoms with Gasteiger partial charge in [-0.2, -0.15) is 0 Å². The number of halogens is 1. The highest BCUT2D eigenvalue weighted by atomic mass is 35.5. The van der Waals surface area contributed by atoms with Gasteiger partial charge in [0.15, 0.2) is 0 Å². The van der Waals surface area contributed by atoms with E-state index in [1.807, 2.05) is 36.4 Å². The van der Waals surface area contributed by atoms with Gasteiger partial charge in [0.1, 0.15) is 0 Å². The summed E-state index contributed by atoms with van der Waals surface area (Å²) in [4.78, 5) is 0. The Labute approximate surface area is 113 Å². The first-order valence-corrected chi connectivity index (χ1v) is 6.36. The van der Waals surface area contributed by atoms with Crippen LogP contribution >= 0.6 is 11.6 Å². The predicted octanol–water partition coefficient (Wildman–Crippen LogP) is 3.76. The van der Waals surface area contributed by atoms with E-state index in [1.54, 1.807) is 0 Å². The summed E-state index contributed by atoms with van der Waals surface area (Å²) in [6.07, 6.45) is 0. The van der Waals surface area contributed by atoms with E-state index >= 15 is 0 Å². The molecule has 0 aliphatic carbocycles. The Hall–Kier alpha value is -1.51. The lowest BCUT2D eigenvalue weighted by molar-refractivity contribution is 0.783. The fourth-order valence-electron chi connectivity index (χ4n) is 1.99. The largest absolute Gasteiger partial charge is 0.377 e. The monoisotopic (exact) mass is 260 g/mol. The molecule has 0 aliphatic rings. The van der Waals surface area contributed by atoms with Crippen molar-refractivity contribution in [1.29, 1.82) is 0 Å². The minimum absolute atomic E-state index is 0.118. The van der Waals surface area contributed by atoms with Gasteiger partial charge < -0.3 is 11.1 Å². The SMILES string of the molecule is Cc1ccccc1C(CN)Nc1ccc(Cl)cc1. The molecule has 0 saturated heterocycles. The summed E-state index contributed by atoms with van der Waals surface area (Å²) >= 11 is 5.87. The number of aryl methyl sites for hydroxylation is 1. The maximum absolute atomic E-state index is 5.87. The standard InChI is InChI=1S/C15H17ClN2/c1-11-4-2-3-5-14(11)15(10-17)18-13-8-6-12(16)7-9-13/h2-9,15,18H,10,17H2,1H3. The lowest BCUT2D eigenvalue weighted by atomic mass is 10.0. The Morgan fingerprint density at radius 3 is 2.39 bits per heavy atom. The van der Waals surface area contributed by atoms with Gasteiger partial charge >= 0.3 is 0 Å². The molecule has 18 heavy (non-hydrogen) atoms. The molecule has 0 heterocycles. The predicted molar refractivity (Wildman–Crippen MR) is 78.0 cm³/mol. The maximum Gasteiger partial charge on any atom is 0.0638 e. The minimum atomic E-state index is 0.118. The molecule has 3 heteroatoms. The highest BCUT2D eigenvalue weighted by Gasteiger charge is 2.11. The van der Waals surface area contributed by atoms with Gasteiger partial charge in [0.25, 0.3) is 0 Å². The molecule has 0 amide bonds. The molecular formula is C15H17ClN2. The van der Waals surface area contributed by atoms with Crippen molar-refractivity contribution >= 4 is 17.3 Å². The van der Waals surface area contributed by atoms with Crippen molar-refractivity contribution in [2.75, 3.05) is 11.9 Å². The molecule has 2 rings (SSSR count). The first-order chi connectivity index (χ1) is 8.70. The van der Waals surface area contributed by atoms with Gasteiger partial charge in [-0.25, -0.2) is 0 Å². The zero-order valence-electron chi connectivity index (χ0n) is 10.4. The van der Waals surface area contributed by atoms with Crippen molar-refractivity contribution < 1.29 is 0 Å². The number of benzene rings is 2. The molecule has 94 valence electrons. The van der Waals surface area contributed by atoms with Crippen LogP contribution in [0.2, 0.25) is 5.02 Å². The lowest BCUT2D eigenvalue weighted by Crippen LogP contribution is -2.21. The number of hydrogen-bond acceptors (Lipinski definition) is 2. The lowest BCUT2D eigenvalue weighted by Gasteiger charge is -2.20. The van der Waals surface area contributed by atoms with Gasteiger partial charge in [0, 0.05) is 17.3 Å². The average molecular weight is 261 g/mol. The zero-order chi connectivity index (χ0) is 13.0. The van der Waals surface area contributed by atoms with Crippen LogP contribution in [0.15, 0.2) is 48.5 Å². The number of hydrogen-bond donors (Lipinski definition) is 2. The van der Waals surface area contributed by atoms with E-state index < -0.39 is 0 Å². The summed E-state index contributed by atoms with van der Waals surface area (Å²) in [5.41, 5.74) is 9.37. The van der Waals surface area contributed by atoms with Crippen molar-refractivity contribution in [3.05, 3.63) is 64.7 Å². The highest BCUT2D eigenvalue weighted by molar-refractivity contribution is 6.30. The van der Waals surface area contributed by atoms with Crippen LogP contribution < -0.4 is 11.1 Å². The molecule has 3 N–H and O–H groups in total. The van der Waals surface area contributed by atoms with Gasteiger partial charge in [-0.05, 0) is 42.3 Å². The zero-order valence-corrected chi connectivity index (χ0v) is 11.1. The van der Waals surface area contributed by atoms with E-state index in [9.17, 15) is 0 Å². The summed E-state index contributed by atoms with van der Waals surface area (Å²) in [7, 11) is 0. The third-order valence-electron chi connectivity index (χ3n) is 2.98. The summed E-state index contributed by atoms with van der Waals surface area (Å²) < 4.78 is 0. The van der Waals surface area contributed by atoms with E-state index in [0.717, 1.165) is 10.7 Å². The second kappa shape index (κ2) is 5.89. The maximum atomic E-state index is 5.87. The average Bonchev–Trinajstić information content (AvgIpc) is 2.39. The van der Waals surface area contributed by atoms with E-state index in [4.69, 9.17) is 17.3 Å². The molecule has 0 fully saturated rings. The number of rotatable bonds is 4. The molecule has 0 aliphatic heterocycles. The number of nitrogens with two attached hydrogens (primary N) is 1. The second-order valence-electron chi connectivity index (χ2n) is 4.30. The van der Waals surface area contributed by atoms with E-state index in [1.165, 1.54) is 11.1 Å². The van der Waals surface area contributed by atoms with Crippen LogP contribution in [0.3, 0.4) is 0 Å².